The molecule has 2 aliphatic rings. The number of aliphatic hydroxyl groups is 1. The first-order valence-corrected chi connectivity index (χ1v) is 4.42. The van der Waals surface area contributed by atoms with E-state index in [1.807, 2.05) is 0 Å². The number of carbonyl (C=O) groups is 1. The van der Waals surface area contributed by atoms with E-state index in [9.17, 15) is 9.90 Å². The number of carbonyl (C=O) groups excluding carboxylic acids is 1. The van der Waals surface area contributed by atoms with E-state index >= 15 is 0 Å². The fourth-order valence-corrected chi connectivity index (χ4v) is 2.27. The molecule has 2 aliphatic carbocycles. The van der Waals surface area contributed by atoms with Gasteiger partial charge in [0.25, 0.3) is 0 Å². The van der Waals surface area contributed by atoms with Gasteiger partial charge in [-0.15, -0.1) is 0 Å². The third kappa shape index (κ3) is 0.728. The van der Waals surface area contributed by atoms with E-state index < -0.39 is 0 Å². The van der Waals surface area contributed by atoms with Crippen molar-refractivity contribution in [3.05, 3.63) is 11.3 Å². The first-order chi connectivity index (χ1) is 5.46. The quantitative estimate of drug-likeness (QED) is 0.598. The molecule has 1 fully saturated rings. The lowest BCUT2D eigenvalue weighted by Gasteiger charge is -2.12. The SMILES string of the molecule is C[C@H]1C(=O)C[C@H]2C(=C1O)C2(C)C. The molecule has 0 aromatic rings. The van der Waals surface area contributed by atoms with E-state index in [0.717, 1.165) is 5.57 Å². The molecular weight excluding hydrogens is 152 g/mol. The third-order valence-electron chi connectivity index (χ3n) is 3.40. The lowest BCUT2D eigenvalue weighted by Crippen LogP contribution is -2.17. The molecule has 12 heavy (non-hydrogen) atoms. The molecule has 1 saturated carbocycles. The predicted octanol–water partition coefficient (Wildman–Crippen LogP) is 2.06. The van der Waals surface area contributed by atoms with Crippen LogP contribution in [0.1, 0.15) is 27.2 Å². The molecule has 2 heteroatoms. The number of allylic oxidation sites excluding steroid dienone is 2. The number of ketones is 1. The predicted molar refractivity (Wildman–Crippen MR) is 45.7 cm³/mol. The van der Waals surface area contributed by atoms with Gasteiger partial charge in [-0.2, -0.15) is 0 Å². The Hall–Kier alpha value is -0.790. The first-order valence-electron chi connectivity index (χ1n) is 4.42. The maximum atomic E-state index is 11.3. The average molecular weight is 166 g/mol. The number of hydrogen-bond acceptors (Lipinski definition) is 2. The topological polar surface area (TPSA) is 37.3 Å². The van der Waals surface area contributed by atoms with Crippen LogP contribution in [0.4, 0.5) is 0 Å². The Kier molecular flexibility index (Phi) is 1.26. The highest BCUT2D eigenvalue weighted by atomic mass is 16.3. The Morgan fingerprint density at radius 2 is 2.08 bits per heavy atom. The highest BCUT2D eigenvalue weighted by Gasteiger charge is 2.58. The molecular formula is C10H14O2. The van der Waals surface area contributed by atoms with Crippen molar-refractivity contribution in [2.75, 3.05) is 0 Å². The van der Waals surface area contributed by atoms with Crippen LogP contribution in [0.5, 0.6) is 0 Å². The monoisotopic (exact) mass is 166 g/mol. The van der Waals surface area contributed by atoms with Gasteiger partial charge in [0.2, 0.25) is 0 Å². The summed E-state index contributed by atoms with van der Waals surface area (Å²) in [7, 11) is 0. The van der Waals surface area contributed by atoms with Crippen molar-refractivity contribution < 1.29 is 9.90 Å². The van der Waals surface area contributed by atoms with Crippen molar-refractivity contribution in [1.29, 1.82) is 0 Å². The molecule has 0 amide bonds. The molecule has 0 radical (unpaired) electrons. The molecule has 0 spiro atoms. The molecule has 0 unspecified atom stereocenters. The molecule has 0 aromatic heterocycles. The second kappa shape index (κ2) is 1.93. The zero-order valence-corrected chi connectivity index (χ0v) is 7.72. The Balaban J connectivity index is 2.42. The van der Waals surface area contributed by atoms with E-state index in [2.05, 4.69) is 13.8 Å². The molecule has 0 aromatic carbocycles. The molecule has 2 nitrogen and oxygen atoms in total. The van der Waals surface area contributed by atoms with Crippen molar-refractivity contribution in [1.82, 2.24) is 0 Å². The first kappa shape index (κ1) is 7.84. The summed E-state index contributed by atoms with van der Waals surface area (Å²) in [4.78, 5) is 11.3. The highest BCUT2D eigenvalue weighted by Crippen LogP contribution is 2.63. The van der Waals surface area contributed by atoms with E-state index in [1.54, 1.807) is 6.92 Å². The van der Waals surface area contributed by atoms with E-state index in [1.165, 1.54) is 0 Å². The minimum absolute atomic E-state index is 0.0878. The van der Waals surface area contributed by atoms with Gasteiger partial charge in [0, 0.05) is 6.42 Å². The zero-order chi connectivity index (χ0) is 9.09. The second-order valence-electron chi connectivity index (χ2n) is 4.47. The smallest absolute Gasteiger partial charge is 0.143 e. The summed E-state index contributed by atoms with van der Waals surface area (Å²) in [6.45, 7) is 5.97. The summed E-state index contributed by atoms with van der Waals surface area (Å²) in [5.74, 6) is 0.618. The number of aliphatic hydroxyl groups excluding tert-OH is 1. The van der Waals surface area contributed by atoms with Gasteiger partial charge in [-0.1, -0.05) is 13.8 Å². The second-order valence-corrected chi connectivity index (χ2v) is 4.47. The molecule has 0 bridgehead atoms. The van der Waals surface area contributed by atoms with Crippen LogP contribution < -0.4 is 0 Å². The van der Waals surface area contributed by atoms with Crippen LogP contribution in [0, 0.1) is 17.3 Å². The summed E-state index contributed by atoms with van der Waals surface area (Å²) < 4.78 is 0. The molecule has 2 atom stereocenters. The van der Waals surface area contributed by atoms with E-state index in [0.29, 0.717) is 18.1 Å². The number of fused-ring (bicyclic) bond motifs is 1. The Bertz CT molecular complexity index is 286. The third-order valence-corrected chi connectivity index (χ3v) is 3.40. The van der Waals surface area contributed by atoms with Gasteiger partial charge in [-0.3, -0.25) is 4.79 Å². The van der Waals surface area contributed by atoms with Crippen LogP contribution >= 0.6 is 0 Å². The molecule has 0 heterocycles. The lowest BCUT2D eigenvalue weighted by atomic mass is 9.94. The van der Waals surface area contributed by atoms with Gasteiger partial charge in [-0.05, 0) is 23.8 Å². The van der Waals surface area contributed by atoms with Gasteiger partial charge in [0.05, 0.1) is 5.92 Å². The van der Waals surface area contributed by atoms with Crippen molar-refractivity contribution in [3.8, 4) is 0 Å². The molecule has 2 rings (SSSR count). The van der Waals surface area contributed by atoms with Crippen LogP contribution in [0.15, 0.2) is 11.3 Å². The molecule has 66 valence electrons. The van der Waals surface area contributed by atoms with Crippen LogP contribution in [-0.4, -0.2) is 10.9 Å². The average Bonchev–Trinajstić information content (AvgIpc) is 2.49. The van der Waals surface area contributed by atoms with E-state index in [-0.39, 0.29) is 17.1 Å². The summed E-state index contributed by atoms with van der Waals surface area (Å²) in [6, 6.07) is 0. The van der Waals surface area contributed by atoms with Crippen molar-refractivity contribution in [2.45, 2.75) is 27.2 Å². The van der Waals surface area contributed by atoms with Gasteiger partial charge in [0.15, 0.2) is 0 Å². The molecule has 0 aliphatic heterocycles. The van der Waals surface area contributed by atoms with Crippen molar-refractivity contribution in [3.63, 3.8) is 0 Å². The van der Waals surface area contributed by atoms with Gasteiger partial charge in [0.1, 0.15) is 11.5 Å². The van der Waals surface area contributed by atoms with Crippen molar-refractivity contribution >= 4 is 5.78 Å². The van der Waals surface area contributed by atoms with Crippen LogP contribution in [0.2, 0.25) is 0 Å². The van der Waals surface area contributed by atoms with Crippen LogP contribution in [0.3, 0.4) is 0 Å². The zero-order valence-electron chi connectivity index (χ0n) is 7.72. The molecule has 1 N–H and O–H groups in total. The summed E-state index contributed by atoms with van der Waals surface area (Å²) >= 11 is 0. The molecule has 0 saturated heterocycles. The number of rotatable bonds is 0. The fourth-order valence-electron chi connectivity index (χ4n) is 2.27. The summed E-state index contributed by atoms with van der Waals surface area (Å²) in [5, 5.41) is 9.65. The van der Waals surface area contributed by atoms with Crippen LogP contribution in [-0.2, 0) is 4.79 Å². The normalized spacial score (nSPS) is 38.1. The maximum Gasteiger partial charge on any atom is 0.143 e. The summed E-state index contributed by atoms with van der Waals surface area (Å²) in [5.41, 5.74) is 1.21. The Labute approximate surface area is 72.3 Å². The number of Topliss-reactive ketones (excluding diaryl/α,β-unsaturated/α-hetero) is 1. The van der Waals surface area contributed by atoms with Gasteiger partial charge >= 0.3 is 0 Å². The minimum atomic E-state index is -0.252. The minimum Gasteiger partial charge on any atom is -0.512 e. The maximum absolute atomic E-state index is 11.3. The summed E-state index contributed by atoms with van der Waals surface area (Å²) in [6.07, 6.45) is 0.633. The number of hydrogen-bond donors (Lipinski definition) is 1. The standard InChI is InChI=1S/C10H14O2/c1-5-7(11)4-6-8(9(5)12)10(6,2)3/h5-6,12H,4H2,1-3H3/t5-,6-/m0/s1. The largest absolute Gasteiger partial charge is 0.512 e. The Morgan fingerprint density at radius 3 is 2.67 bits per heavy atom. The Morgan fingerprint density at radius 1 is 1.50 bits per heavy atom. The van der Waals surface area contributed by atoms with Gasteiger partial charge in [-0.25, -0.2) is 0 Å². The van der Waals surface area contributed by atoms with Crippen LogP contribution in [0.25, 0.3) is 0 Å². The van der Waals surface area contributed by atoms with Gasteiger partial charge < -0.3 is 5.11 Å². The van der Waals surface area contributed by atoms with Crippen molar-refractivity contribution in [2.24, 2.45) is 17.3 Å². The highest BCUT2D eigenvalue weighted by molar-refractivity contribution is 5.87. The lowest BCUT2D eigenvalue weighted by molar-refractivity contribution is -0.122. The fraction of sp³-hybridized carbons (Fsp3) is 0.700. The van der Waals surface area contributed by atoms with E-state index in [4.69, 9.17) is 0 Å².